The topological polar surface area (TPSA) is 58.6 Å². The fourth-order valence-corrected chi connectivity index (χ4v) is 2.07. The van der Waals surface area contributed by atoms with Crippen LogP contribution in [0.3, 0.4) is 0 Å². The first-order valence-electron chi connectivity index (χ1n) is 5.61. The highest BCUT2D eigenvalue weighted by atomic mass is 16.5. The van der Waals surface area contributed by atoms with Gasteiger partial charge in [0.2, 0.25) is 5.91 Å². The molecule has 0 radical (unpaired) electrons. The van der Waals surface area contributed by atoms with E-state index in [1.807, 2.05) is 20.8 Å². The van der Waals surface area contributed by atoms with Crippen LogP contribution >= 0.6 is 0 Å². The maximum Gasteiger partial charge on any atom is 0.243 e. The molecular formula is C12H21NO3. The van der Waals surface area contributed by atoms with E-state index in [1.165, 1.54) is 6.08 Å². The van der Waals surface area contributed by atoms with Crippen molar-refractivity contribution in [2.45, 2.75) is 38.9 Å². The van der Waals surface area contributed by atoms with Gasteiger partial charge in [0.1, 0.15) is 0 Å². The average Bonchev–Trinajstić information content (AvgIpc) is 2.25. The zero-order valence-corrected chi connectivity index (χ0v) is 10.2. The molecule has 0 aromatic carbocycles. The number of hydrogen-bond acceptors (Lipinski definition) is 3. The molecule has 1 rings (SSSR count). The highest BCUT2D eigenvalue weighted by molar-refractivity contribution is 5.86. The maximum atomic E-state index is 11.0. The lowest BCUT2D eigenvalue weighted by Gasteiger charge is -2.57. The Morgan fingerprint density at radius 3 is 2.75 bits per heavy atom. The SMILES string of the molecule is C=CC(=O)NC[C@@]1(O)C[C@@H](OCC)C1(C)C. The molecule has 4 nitrogen and oxygen atoms in total. The molecule has 0 saturated heterocycles. The minimum atomic E-state index is -0.883. The first-order valence-corrected chi connectivity index (χ1v) is 5.61. The van der Waals surface area contributed by atoms with Crippen molar-refractivity contribution in [3.63, 3.8) is 0 Å². The lowest BCUT2D eigenvalue weighted by Crippen LogP contribution is -2.68. The van der Waals surface area contributed by atoms with E-state index in [0.717, 1.165) is 0 Å². The van der Waals surface area contributed by atoms with E-state index in [-0.39, 0.29) is 24.0 Å². The van der Waals surface area contributed by atoms with Crippen LogP contribution in [0.2, 0.25) is 0 Å². The number of hydrogen-bond donors (Lipinski definition) is 2. The molecular weight excluding hydrogens is 206 g/mol. The van der Waals surface area contributed by atoms with E-state index in [9.17, 15) is 9.90 Å². The second-order valence-electron chi connectivity index (χ2n) is 4.82. The van der Waals surface area contributed by atoms with Crippen LogP contribution in [0.15, 0.2) is 12.7 Å². The molecule has 0 spiro atoms. The van der Waals surface area contributed by atoms with Gasteiger partial charge in [-0.3, -0.25) is 4.79 Å². The Morgan fingerprint density at radius 2 is 2.31 bits per heavy atom. The van der Waals surface area contributed by atoms with E-state index >= 15 is 0 Å². The number of carbonyl (C=O) groups is 1. The minimum Gasteiger partial charge on any atom is -0.387 e. The average molecular weight is 227 g/mol. The molecule has 1 saturated carbocycles. The Kier molecular flexibility index (Phi) is 3.76. The normalized spacial score (nSPS) is 31.6. The molecule has 16 heavy (non-hydrogen) atoms. The van der Waals surface area contributed by atoms with Crippen LogP contribution in [0.5, 0.6) is 0 Å². The van der Waals surface area contributed by atoms with Crippen LogP contribution in [-0.2, 0) is 9.53 Å². The maximum absolute atomic E-state index is 11.0. The summed E-state index contributed by atoms with van der Waals surface area (Å²) in [5, 5.41) is 13.0. The van der Waals surface area contributed by atoms with Gasteiger partial charge in [0.15, 0.2) is 0 Å². The third kappa shape index (κ3) is 2.13. The molecule has 1 aliphatic rings. The van der Waals surface area contributed by atoms with Gasteiger partial charge in [-0.15, -0.1) is 0 Å². The Labute approximate surface area is 96.7 Å². The number of nitrogens with one attached hydrogen (secondary N) is 1. The van der Waals surface area contributed by atoms with Crippen molar-refractivity contribution >= 4 is 5.91 Å². The first kappa shape index (κ1) is 13.2. The van der Waals surface area contributed by atoms with Crippen LogP contribution in [0.25, 0.3) is 0 Å². The molecule has 0 aromatic heterocycles. The van der Waals surface area contributed by atoms with Gasteiger partial charge in [0.05, 0.1) is 11.7 Å². The van der Waals surface area contributed by atoms with E-state index < -0.39 is 5.60 Å². The van der Waals surface area contributed by atoms with Crippen LogP contribution < -0.4 is 5.32 Å². The highest BCUT2D eigenvalue weighted by Crippen LogP contribution is 2.50. The second-order valence-corrected chi connectivity index (χ2v) is 4.82. The minimum absolute atomic E-state index is 0.0585. The summed E-state index contributed by atoms with van der Waals surface area (Å²) in [6, 6.07) is 0. The van der Waals surface area contributed by atoms with Crippen LogP contribution in [0.4, 0.5) is 0 Å². The predicted octanol–water partition coefficient (Wildman–Crippen LogP) is 0.855. The van der Waals surface area contributed by atoms with Crippen molar-refractivity contribution in [3.05, 3.63) is 12.7 Å². The Balaban J connectivity index is 2.54. The summed E-state index contributed by atoms with van der Waals surface area (Å²) in [4.78, 5) is 11.0. The lowest BCUT2D eigenvalue weighted by molar-refractivity contribution is -0.238. The summed E-state index contributed by atoms with van der Waals surface area (Å²) in [5.41, 5.74) is -1.22. The molecule has 0 aromatic rings. The van der Waals surface area contributed by atoms with Gasteiger partial charge in [0, 0.05) is 25.0 Å². The number of amides is 1. The fraction of sp³-hybridized carbons (Fsp3) is 0.750. The quantitative estimate of drug-likeness (QED) is 0.685. The van der Waals surface area contributed by atoms with Gasteiger partial charge in [-0.1, -0.05) is 20.4 Å². The zero-order chi connectivity index (χ0) is 12.4. The third-order valence-corrected chi connectivity index (χ3v) is 3.64. The summed E-state index contributed by atoms with van der Waals surface area (Å²) in [5.74, 6) is -0.260. The van der Waals surface area contributed by atoms with Crippen molar-refractivity contribution in [1.29, 1.82) is 0 Å². The summed E-state index contributed by atoms with van der Waals surface area (Å²) in [6.07, 6.45) is 1.82. The molecule has 2 atom stereocenters. The van der Waals surface area contributed by atoms with Gasteiger partial charge in [-0.2, -0.15) is 0 Å². The van der Waals surface area contributed by atoms with Gasteiger partial charge in [-0.25, -0.2) is 0 Å². The van der Waals surface area contributed by atoms with E-state index in [0.29, 0.717) is 13.0 Å². The lowest BCUT2D eigenvalue weighted by atomic mass is 9.56. The van der Waals surface area contributed by atoms with E-state index in [1.54, 1.807) is 0 Å². The summed E-state index contributed by atoms with van der Waals surface area (Å²) >= 11 is 0. The summed E-state index contributed by atoms with van der Waals surface area (Å²) in [6.45, 7) is 10.1. The molecule has 1 amide bonds. The number of rotatable bonds is 5. The number of aliphatic hydroxyl groups is 1. The Bertz CT molecular complexity index is 288. The smallest absolute Gasteiger partial charge is 0.243 e. The molecule has 4 heteroatoms. The monoisotopic (exact) mass is 227 g/mol. The number of carbonyl (C=O) groups excluding carboxylic acids is 1. The van der Waals surface area contributed by atoms with E-state index in [4.69, 9.17) is 4.74 Å². The number of ether oxygens (including phenoxy) is 1. The van der Waals surface area contributed by atoms with E-state index in [2.05, 4.69) is 11.9 Å². The largest absolute Gasteiger partial charge is 0.387 e. The van der Waals surface area contributed by atoms with Crippen molar-refractivity contribution < 1.29 is 14.6 Å². The molecule has 0 unspecified atom stereocenters. The fourth-order valence-electron chi connectivity index (χ4n) is 2.07. The van der Waals surface area contributed by atoms with Crippen molar-refractivity contribution in [3.8, 4) is 0 Å². The molecule has 2 N–H and O–H groups in total. The molecule has 0 aliphatic heterocycles. The predicted molar refractivity (Wildman–Crippen MR) is 62.0 cm³/mol. The van der Waals surface area contributed by atoms with Crippen molar-refractivity contribution in [2.75, 3.05) is 13.2 Å². The first-order chi connectivity index (χ1) is 7.37. The summed E-state index contributed by atoms with van der Waals surface area (Å²) < 4.78 is 5.53. The van der Waals surface area contributed by atoms with Gasteiger partial charge in [-0.05, 0) is 13.0 Å². The Hall–Kier alpha value is -0.870. The molecule has 1 aliphatic carbocycles. The van der Waals surface area contributed by atoms with Crippen LogP contribution in [0, 0.1) is 5.41 Å². The second kappa shape index (κ2) is 4.55. The Morgan fingerprint density at radius 1 is 1.69 bits per heavy atom. The molecule has 1 fully saturated rings. The highest BCUT2D eigenvalue weighted by Gasteiger charge is 2.59. The van der Waals surface area contributed by atoms with Crippen molar-refractivity contribution in [1.82, 2.24) is 5.32 Å². The molecule has 0 heterocycles. The van der Waals surface area contributed by atoms with Crippen LogP contribution in [-0.4, -0.2) is 35.9 Å². The standard InChI is InChI=1S/C12H21NO3/c1-5-10(14)13-8-12(15)7-9(16-6-2)11(12,3)4/h5,9,15H,1,6-8H2,2-4H3,(H,13,14)/t9-,12+/m1/s1. The van der Waals surface area contributed by atoms with Gasteiger partial charge >= 0.3 is 0 Å². The van der Waals surface area contributed by atoms with Gasteiger partial charge < -0.3 is 15.2 Å². The molecule has 92 valence electrons. The summed E-state index contributed by atoms with van der Waals surface area (Å²) in [7, 11) is 0. The third-order valence-electron chi connectivity index (χ3n) is 3.64. The molecule has 0 bridgehead atoms. The van der Waals surface area contributed by atoms with Crippen molar-refractivity contribution in [2.24, 2.45) is 5.41 Å². The zero-order valence-electron chi connectivity index (χ0n) is 10.2. The van der Waals surface area contributed by atoms with Crippen LogP contribution in [0.1, 0.15) is 27.2 Å². The van der Waals surface area contributed by atoms with Gasteiger partial charge in [0.25, 0.3) is 0 Å².